The van der Waals surface area contributed by atoms with E-state index in [0.29, 0.717) is 11.0 Å². The molecule has 6 nitrogen and oxygen atoms in total. The van der Waals surface area contributed by atoms with Gasteiger partial charge in [0.25, 0.3) is 0 Å². The number of anilines is 1. The summed E-state index contributed by atoms with van der Waals surface area (Å²) in [6.07, 6.45) is 4.00. The van der Waals surface area contributed by atoms with E-state index in [9.17, 15) is 14.7 Å². The lowest BCUT2D eigenvalue weighted by Gasteiger charge is -2.23. The number of thiazole rings is 1. The van der Waals surface area contributed by atoms with E-state index in [-0.39, 0.29) is 18.1 Å². The number of nitrogens with zero attached hydrogens (tertiary/aromatic N) is 1. The molecule has 3 heterocycles. The highest BCUT2D eigenvalue weighted by Crippen LogP contribution is 2.44. The van der Waals surface area contributed by atoms with Crippen molar-refractivity contribution in [1.82, 2.24) is 4.98 Å². The Kier molecular flexibility index (Phi) is 3.65. The van der Waals surface area contributed by atoms with Gasteiger partial charge in [-0.15, -0.1) is 11.3 Å². The second kappa shape index (κ2) is 5.56. The quantitative estimate of drug-likeness (QED) is 0.882. The number of aliphatic carboxylic acids is 1. The van der Waals surface area contributed by atoms with Gasteiger partial charge >= 0.3 is 5.97 Å². The molecular weight excluding hydrogens is 316 g/mol. The Morgan fingerprint density at radius 3 is 2.74 bits per heavy atom. The SMILES string of the molecule is C[C@H]1CCc2nc(NC(=O)[C@@H]3[C@@H](C(=O)O)[C@@H]4CC[C@@H]3O4)sc2C1. The van der Waals surface area contributed by atoms with E-state index in [1.807, 2.05) is 0 Å². The summed E-state index contributed by atoms with van der Waals surface area (Å²) < 4.78 is 5.65. The van der Waals surface area contributed by atoms with Gasteiger partial charge in [-0.05, 0) is 38.0 Å². The molecule has 2 aliphatic heterocycles. The molecule has 1 aromatic heterocycles. The summed E-state index contributed by atoms with van der Waals surface area (Å²) in [7, 11) is 0. The minimum atomic E-state index is -0.940. The zero-order chi connectivity index (χ0) is 16.1. The normalized spacial score (nSPS) is 35.1. The monoisotopic (exact) mass is 336 g/mol. The van der Waals surface area contributed by atoms with Crippen molar-refractivity contribution < 1.29 is 19.4 Å². The fourth-order valence-electron chi connectivity index (χ4n) is 4.11. The Bertz CT molecular complexity index is 659. The van der Waals surface area contributed by atoms with E-state index in [1.165, 1.54) is 16.2 Å². The highest BCUT2D eigenvalue weighted by Gasteiger charge is 2.55. The van der Waals surface area contributed by atoms with Crippen LogP contribution < -0.4 is 5.32 Å². The Morgan fingerprint density at radius 1 is 1.26 bits per heavy atom. The van der Waals surface area contributed by atoms with E-state index in [4.69, 9.17) is 4.74 Å². The van der Waals surface area contributed by atoms with Crippen LogP contribution in [0, 0.1) is 17.8 Å². The second-order valence-corrected chi connectivity index (χ2v) is 7.99. The summed E-state index contributed by atoms with van der Waals surface area (Å²) in [4.78, 5) is 29.9. The predicted octanol–water partition coefficient (Wildman–Crippen LogP) is 2.08. The third-order valence-corrected chi connectivity index (χ3v) is 6.31. The number of nitrogens with one attached hydrogen (secondary N) is 1. The van der Waals surface area contributed by atoms with Gasteiger partial charge in [-0.2, -0.15) is 0 Å². The summed E-state index contributed by atoms with van der Waals surface area (Å²) in [5, 5.41) is 12.9. The van der Waals surface area contributed by atoms with Gasteiger partial charge in [-0.25, -0.2) is 4.98 Å². The number of ether oxygens (including phenoxy) is 1. The molecule has 0 aromatic carbocycles. The van der Waals surface area contributed by atoms with Crippen LogP contribution in [0.5, 0.6) is 0 Å². The number of aromatic nitrogens is 1. The van der Waals surface area contributed by atoms with Gasteiger partial charge in [0.05, 0.1) is 29.7 Å². The van der Waals surface area contributed by atoms with Crippen LogP contribution in [-0.2, 0) is 27.2 Å². The summed E-state index contributed by atoms with van der Waals surface area (Å²) in [6.45, 7) is 2.23. The molecule has 124 valence electrons. The molecular formula is C16H20N2O4S. The van der Waals surface area contributed by atoms with Crippen LogP contribution in [0.25, 0.3) is 0 Å². The highest BCUT2D eigenvalue weighted by atomic mass is 32.1. The lowest BCUT2D eigenvalue weighted by atomic mass is 9.79. The van der Waals surface area contributed by atoms with Crippen molar-refractivity contribution in [3.8, 4) is 0 Å². The van der Waals surface area contributed by atoms with Gasteiger partial charge in [0, 0.05) is 4.88 Å². The predicted molar refractivity (Wildman–Crippen MR) is 84.4 cm³/mol. The number of fused-ring (bicyclic) bond motifs is 3. The van der Waals surface area contributed by atoms with Crippen LogP contribution >= 0.6 is 11.3 Å². The Labute approximate surface area is 138 Å². The van der Waals surface area contributed by atoms with Gasteiger partial charge in [0.2, 0.25) is 5.91 Å². The molecule has 1 aromatic rings. The maximum absolute atomic E-state index is 12.6. The lowest BCUT2D eigenvalue weighted by Crippen LogP contribution is -2.40. The van der Waals surface area contributed by atoms with Crippen molar-refractivity contribution in [2.45, 2.75) is 51.2 Å². The van der Waals surface area contributed by atoms with Gasteiger partial charge in [0.1, 0.15) is 0 Å². The largest absolute Gasteiger partial charge is 0.481 e. The molecule has 0 unspecified atom stereocenters. The average molecular weight is 336 g/mol. The second-order valence-electron chi connectivity index (χ2n) is 6.91. The van der Waals surface area contributed by atoms with E-state index in [0.717, 1.165) is 37.8 Å². The van der Waals surface area contributed by atoms with Gasteiger partial charge in [0.15, 0.2) is 5.13 Å². The summed E-state index contributed by atoms with van der Waals surface area (Å²) in [5.41, 5.74) is 1.09. The molecule has 5 atom stereocenters. The molecule has 2 saturated heterocycles. The first-order chi connectivity index (χ1) is 11.0. The summed E-state index contributed by atoms with van der Waals surface area (Å²) in [6, 6.07) is 0. The topological polar surface area (TPSA) is 88.5 Å². The van der Waals surface area contributed by atoms with Crippen LogP contribution in [0.4, 0.5) is 5.13 Å². The van der Waals surface area contributed by atoms with Crippen LogP contribution in [0.1, 0.15) is 36.8 Å². The molecule has 0 saturated carbocycles. The minimum absolute atomic E-state index is 0.260. The molecule has 7 heteroatoms. The highest BCUT2D eigenvalue weighted by molar-refractivity contribution is 7.15. The first kappa shape index (κ1) is 15.1. The number of aryl methyl sites for hydroxylation is 1. The molecule has 23 heavy (non-hydrogen) atoms. The van der Waals surface area contributed by atoms with Crippen molar-refractivity contribution in [1.29, 1.82) is 0 Å². The maximum atomic E-state index is 12.6. The summed E-state index contributed by atoms with van der Waals surface area (Å²) >= 11 is 1.52. The number of hydrogen-bond acceptors (Lipinski definition) is 5. The number of carboxylic acid groups (broad SMARTS) is 1. The molecule has 4 rings (SSSR count). The Balaban J connectivity index is 1.51. The molecule has 1 aliphatic carbocycles. The lowest BCUT2D eigenvalue weighted by molar-refractivity contribution is -0.147. The van der Waals surface area contributed by atoms with Crippen LogP contribution in [0.2, 0.25) is 0 Å². The zero-order valence-corrected chi connectivity index (χ0v) is 13.8. The third kappa shape index (κ3) is 2.55. The van der Waals surface area contributed by atoms with E-state index >= 15 is 0 Å². The summed E-state index contributed by atoms with van der Waals surface area (Å²) in [5.74, 6) is -1.88. The first-order valence-electron chi connectivity index (χ1n) is 8.20. The Hall–Kier alpha value is -1.47. The van der Waals surface area contributed by atoms with E-state index < -0.39 is 17.8 Å². The number of hydrogen-bond donors (Lipinski definition) is 2. The molecule has 0 spiro atoms. The Morgan fingerprint density at radius 2 is 2.00 bits per heavy atom. The molecule has 3 aliphatic rings. The van der Waals surface area contributed by atoms with E-state index in [1.54, 1.807) is 0 Å². The fraction of sp³-hybridized carbons (Fsp3) is 0.688. The molecule has 1 amide bonds. The van der Waals surface area contributed by atoms with Gasteiger partial charge < -0.3 is 15.2 Å². The first-order valence-corrected chi connectivity index (χ1v) is 9.02. The van der Waals surface area contributed by atoms with Crippen molar-refractivity contribution in [3.63, 3.8) is 0 Å². The van der Waals surface area contributed by atoms with Gasteiger partial charge in [-0.3, -0.25) is 9.59 Å². The van der Waals surface area contributed by atoms with Crippen LogP contribution in [0.3, 0.4) is 0 Å². The minimum Gasteiger partial charge on any atom is -0.481 e. The van der Waals surface area contributed by atoms with E-state index in [2.05, 4.69) is 17.2 Å². The number of carbonyl (C=O) groups excluding carboxylic acids is 1. The van der Waals surface area contributed by atoms with Gasteiger partial charge in [-0.1, -0.05) is 6.92 Å². The number of carboxylic acids is 1. The molecule has 2 N–H and O–H groups in total. The average Bonchev–Trinajstić information content (AvgIpc) is 3.18. The number of rotatable bonds is 3. The number of amides is 1. The standard InChI is InChI=1S/C16H20N2O4S/c1-7-2-3-8-11(6-7)23-16(17-8)18-14(19)12-9-4-5-10(22-9)13(12)15(20)21/h7,9-10,12-13H,2-6H2,1H3,(H,20,21)(H,17,18,19)/t7-,9-,10-,12-,13-/m0/s1. The fourth-order valence-corrected chi connectivity index (χ4v) is 5.28. The maximum Gasteiger partial charge on any atom is 0.310 e. The van der Waals surface area contributed by atoms with Crippen molar-refractivity contribution in [2.75, 3.05) is 5.32 Å². The molecule has 2 bridgehead atoms. The number of carbonyl (C=O) groups is 2. The van der Waals surface area contributed by atoms with Crippen molar-refractivity contribution in [2.24, 2.45) is 17.8 Å². The smallest absolute Gasteiger partial charge is 0.310 e. The molecule has 0 radical (unpaired) electrons. The van der Waals surface area contributed by atoms with Crippen molar-refractivity contribution in [3.05, 3.63) is 10.6 Å². The zero-order valence-electron chi connectivity index (χ0n) is 12.9. The van der Waals surface area contributed by atoms with Crippen LogP contribution in [-0.4, -0.2) is 34.2 Å². The van der Waals surface area contributed by atoms with Crippen LogP contribution in [0.15, 0.2) is 0 Å². The molecule has 2 fully saturated rings. The van der Waals surface area contributed by atoms with Crippen molar-refractivity contribution >= 4 is 28.3 Å². The third-order valence-electron chi connectivity index (χ3n) is 5.28.